The fraction of sp³-hybridized carbons (Fsp3) is 0.462. The van der Waals surface area contributed by atoms with E-state index in [1.807, 2.05) is 0 Å². The molecule has 1 rings (SSSR count). The van der Waals surface area contributed by atoms with E-state index in [1.54, 1.807) is 19.1 Å². The molecule has 0 saturated heterocycles. The zero-order chi connectivity index (χ0) is 15.3. The Morgan fingerprint density at radius 2 is 2.05 bits per heavy atom. The number of aromatic carboxylic acids is 1. The second-order valence-electron chi connectivity index (χ2n) is 4.30. The fourth-order valence-corrected chi connectivity index (χ4v) is 1.78. The third-order valence-corrected chi connectivity index (χ3v) is 2.81. The lowest BCUT2D eigenvalue weighted by Crippen LogP contribution is -2.22. The highest BCUT2D eigenvalue weighted by Gasteiger charge is 2.32. The third-order valence-electron chi connectivity index (χ3n) is 2.81. The predicted octanol–water partition coefficient (Wildman–Crippen LogP) is 2.88. The zero-order valence-corrected chi connectivity index (χ0v) is 11.2. The first kappa shape index (κ1) is 16.3. The van der Waals surface area contributed by atoms with Crippen molar-refractivity contribution in [3.8, 4) is 0 Å². The summed E-state index contributed by atoms with van der Waals surface area (Å²) in [6, 6.07) is 2.72. The SMILES string of the molecule is COCCCN(C)c1ccc(C(F)(F)F)cc1C(=O)O. The van der Waals surface area contributed by atoms with Crippen LogP contribution in [0, 0.1) is 0 Å². The standard InChI is InChI=1S/C13H16F3NO3/c1-17(6-3-7-20-2)11-5-4-9(13(14,15)16)8-10(11)12(18)19/h4-5,8H,3,6-7H2,1-2H3,(H,18,19). The summed E-state index contributed by atoms with van der Waals surface area (Å²) in [6.45, 7) is 0.979. The van der Waals surface area contributed by atoms with E-state index in [9.17, 15) is 18.0 Å². The van der Waals surface area contributed by atoms with Crippen LogP contribution in [0.1, 0.15) is 22.3 Å². The Balaban J connectivity index is 3.04. The summed E-state index contributed by atoms with van der Waals surface area (Å²) in [5.74, 6) is -1.38. The highest BCUT2D eigenvalue weighted by Crippen LogP contribution is 2.32. The van der Waals surface area contributed by atoms with Gasteiger partial charge in [-0.15, -0.1) is 0 Å². The molecular weight excluding hydrogens is 275 g/mol. The summed E-state index contributed by atoms with van der Waals surface area (Å²) in [5.41, 5.74) is -1.08. The number of ether oxygens (including phenoxy) is 1. The molecule has 0 aliphatic carbocycles. The lowest BCUT2D eigenvalue weighted by atomic mass is 10.1. The largest absolute Gasteiger partial charge is 0.478 e. The molecule has 0 atom stereocenters. The van der Waals surface area contributed by atoms with Gasteiger partial charge in [-0.1, -0.05) is 0 Å². The van der Waals surface area contributed by atoms with Gasteiger partial charge >= 0.3 is 12.1 Å². The predicted molar refractivity (Wildman–Crippen MR) is 68.2 cm³/mol. The molecular formula is C13H16F3NO3. The monoisotopic (exact) mass is 291 g/mol. The van der Waals surface area contributed by atoms with E-state index in [1.165, 1.54) is 6.07 Å². The van der Waals surface area contributed by atoms with E-state index in [0.29, 0.717) is 25.6 Å². The lowest BCUT2D eigenvalue weighted by molar-refractivity contribution is -0.137. The van der Waals surface area contributed by atoms with Crippen LogP contribution in [-0.2, 0) is 10.9 Å². The number of carboxylic acids is 1. The van der Waals surface area contributed by atoms with E-state index < -0.39 is 17.7 Å². The van der Waals surface area contributed by atoms with Crippen LogP contribution < -0.4 is 4.90 Å². The Hall–Kier alpha value is -1.76. The van der Waals surface area contributed by atoms with Gasteiger partial charge in [0.25, 0.3) is 0 Å². The zero-order valence-electron chi connectivity index (χ0n) is 11.2. The Morgan fingerprint density at radius 3 is 2.55 bits per heavy atom. The number of methoxy groups -OCH3 is 1. The van der Waals surface area contributed by atoms with E-state index >= 15 is 0 Å². The first-order valence-electron chi connectivity index (χ1n) is 5.92. The van der Waals surface area contributed by atoms with Crippen molar-refractivity contribution < 1.29 is 27.8 Å². The van der Waals surface area contributed by atoms with Crippen molar-refractivity contribution in [1.29, 1.82) is 0 Å². The van der Waals surface area contributed by atoms with Gasteiger partial charge in [0.05, 0.1) is 16.8 Å². The summed E-state index contributed by atoms with van der Waals surface area (Å²) in [4.78, 5) is 12.7. The molecule has 0 bridgehead atoms. The van der Waals surface area contributed by atoms with Crippen molar-refractivity contribution in [3.05, 3.63) is 29.3 Å². The summed E-state index contributed by atoms with van der Waals surface area (Å²) in [5, 5.41) is 9.06. The number of benzene rings is 1. The molecule has 0 aliphatic rings. The number of hydrogen-bond donors (Lipinski definition) is 1. The topological polar surface area (TPSA) is 49.8 Å². The molecule has 0 heterocycles. The van der Waals surface area contributed by atoms with E-state index in [0.717, 1.165) is 6.07 Å². The summed E-state index contributed by atoms with van der Waals surface area (Å²) >= 11 is 0. The molecule has 0 aromatic heterocycles. The van der Waals surface area contributed by atoms with Crippen molar-refractivity contribution in [1.82, 2.24) is 0 Å². The number of nitrogens with zero attached hydrogens (tertiary/aromatic N) is 1. The van der Waals surface area contributed by atoms with Crippen molar-refractivity contribution in [3.63, 3.8) is 0 Å². The second-order valence-corrected chi connectivity index (χ2v) is 4.30. The molecule has 1 aromatic carbocycles. The Bertz CT molecular complexity index is 474. The highest BCUT2D eigenvalue weighted by atomic mass is 19.4. The van der Waals surface area contributed by atoms with Crippen LogP contribution in [0.25, 0.3) is 0 Å². The molecule has 0 amide bonds. The maximum Gasteiger partial charge on any atom is 0.416 e. The number of anilines is 1. The minimum atomic E-state index is -4.56. The number of carbonyl (C=O) groups is 1. The highest BCUT2D eigenvalue weighted by molar-refractivity contribution is 5.94. The van der Waals surface area contributed by atoms with E-state index in [4.69, 9.17) is 9.84 Å². The Kier molecular flexibility index (Phi) is 5.38. The first-order chi connectivity index (χ1) is 9.27. The minimum absolute atomic E-state index is 0.251. The van der Waals surface area contributed by atoms with Crippen molar-refractivity contribution in [2.24, 2.45) is 0 Å². The average Bonchev–Trinajstić information content (AvgIpc) is 2.37. The number of alkyl halides is 3. The molecule has 0 radical (unpaired) electrons. The molecule has 7 heteroatoms. The van der Waals surface area contributed by atoms with Crippen LogP contribution in [0.5, 0.6) is 0 Å². The quantitative estimate of drug-likeness (QED) is 0.819. The lowest BCUT2D eigenvalue weighted by Gasteiger charge is -2.22. The molecule has 0 fully saturated rings. The molecule has 20 heavy (non-hydrogen) atoms. The fourth-order valence-electron chi connectivity index (χ4n) is 1.78. The number of hydrogen-bond acceptors (Lipinski definition) is 3. The Morgan fingerprint density at radius 1 is 1.40 bits per heavy atom. The van der Waals surface area contributed by atoms with E-state index in [-0.39, 0.29) is 11.3 Å². The Labute approximate surface area is 114 Å². The molecule has 1 aromatic rings. The van der Waals surface area contributed by atoms with Crippen molar-refractivity contribution >= 4 is 11.7 Å². The van der Waals surface area contributed by atoms with Gasteiger partial charge in [0.15, 0.2) is 0 Å². The molecule has 4 nitrogen and oxygen atoms in total. The number of carboxylic acid groups (broad SMARTS) is 1. The minimum Gasteiger partial charge on any atom is -0.478 e. The van der Waals surface area contributed by atoms with Crippen LogP contribution in [-0.4, -0.2) is 38.4 Å². The van der Waals surface area contributed by atoms with Crippen LogP contribution in [0.15, 0.2) is 18.2 Å². The van der Waals surface area contributed by atoms with Gasteiger partial charge in [-0.25, -0.2) is 4.79 Å². The van der Waals surface area contributed by atoms with Crippen molar-refractivity contribution in [2.75, 3.05) is 32.2 Å². The molecule has 1 N–H and O–H groups in total. The molecule has 0 saturated carbocycles. The first-order valence-corrected chi connectivity index (χ1v) is 5.92. The normalized spacial score (nSPS) is 11.4. The van der Waals surface area contributed by atoms with Gasteiger partial charge in [-0.2, -0.15) is 13.2 Å². The summed E-state index contributed by atoms with van der Waals surface area (Å²) in [6.07, 6.45) is -3.91. The number of halogens is 3. The maximum atomic E-state index is 12.6. The maximum absolute atomic E-state index is 12.6. The van der Waals surface area contributed by atoms with Gasteiger partial charge in [-0.05, 0) is 24.6 Å². The molecule has 112 valence electrons. The van der Waals surface area contributed by atoms with Crippen LogP contribution in [0.2, 0.25) is 0 Å². The van der Waals surface area contributed by atoms with Crippen LogP contribution in [0.3, 0.4) is 0 Å². The average molecular weight is 291 g/mol. The van der Waals surface area contributed by atoms with Gasteiger partial charge in [0, 0.05) is 27.3 Å². The number of rotatable bonds is 6. The van der Waals surface area contributed by atoms with Gasteiger partial charge in [0.2, 0.25) is 0 Å². The van der Waals surface area contributed by atoms with Gasteiger partial charge in [0.1, 0.15) is 0 Å². The molecule has 0 spiro atoms. The second kappa shape index (κ2) is 6.60. The van der Waals surface area contributed by atoms with Gasteiger partial charge < -0.3 is 14.7 Å². The summed E-state index contributed by atoms with van der Waals surface area (Å²) in [7, 11) is 3.17. The third kappa shape index (κ3) is 4.12. The van der Waals surface area contributed by atoms with Crippen LogP contribution in [0.4, 0.5) is 18.9 Å². The molecule has 0 aliphatic heterocycles. The van der Waals surface area contributed by atoms with Crippen LogP contribution >= 0.6 is 0 Å². The molecule has 0 unspecified atom stereocenters. The van der Waals surface area contributed by atoms with Crippen molar-refractivity contribution in [2.45, 2.75) is 12.6 Å². The van der Waals surface area contributed by atoms with Gasteiger partial charge in [-0.3, -0.25) is 0 Å². The smallest absolute Gasteiger partial charge is 0.416 e. The summed E-state index contributed by atoms with van der Waals surface area (Å²) < 4.78 is 42.6. The van der Waals surface area contributed by atoms with E-state index in [2.05, 4.69) is 0 Å².